The lowest BCUT2D eigenvalue weighted by Crippen LogP contribution is -2.61. The maximum Gasteiger partial charge on any atom is 0.0970 e. The van der Waals surface area contributed by atoms with Gasteiger partial charge in [0.15, 0.2) is 0 Å². The predicted molar refractivity (Wildman–Crippen MR) is 57.9 cm³/mol. The molecule has 0 aliphatic heterocycles. The van der Waals surface area contributed by atoms with E-state index < -0.39 is 11.2 Å². The van der Waals surface area contributed by atoms with Gasteiger partial charge in [0, 0.05) is 11.8 Å². The van der Waals surface area contributed by atoms with Gasteiger partial charge in [-0.15, -0.1) is 13.2 Å². The summed E-state index contributed by atoms with van der Waals surface area (Å²) in [5, 5.41) is 20.6. The third-order valence-corrected chi connectivity index (χ3v) is 3.83. The van der Waals surface area contributed by atoms with Crippen molar-refractivity contribution in [1.82, 2.24) is 0 Å². The third kappa shape index (κ3) is 1.43. The molecule has 0 spiro atoms. The first kappa shape index (κ1) is 11.5. The van der Waals surface area contributed by atoms with Crippen molar-refractivity contribution >= 4 is 0 Å². The van der Waals surface area contributed by atoms with E-state index in [1.54, 1.807) is 26.0 Å². The Morgan fingerprint density at radius 3 is 1.50 bits per heavy atom. The van der Waals surface area contributed by atoms with E-state index in [1.165, 1.54) is 0 Å². The molecule has 1 aliphatic rings. The van der Waals surface area contributed by atoms with Crippen molar-refractivity contribution in [3.8, 4) is 0 Å². The zero-order valence-electron chi connectivity index (χ0n) is 9.03. The molecule has 2 nitrogen and oxygen atoms in total. The number of hydrogen-bond donors (Lipinski definition) is 2. The van der Waals surface area contributed by atoms with Crippen molar-refractivity contribution in [1.29, 1.82) is 0 Å². The second-order valence-corrected chi connectivity index (χ2v) is 4.56. The standard InChI is InChI=1S/C12H20O2/c1-5-9-7-8-10(6-2)12(4,14)11(9,3)13/h5-6,9-10,13-14H,1-2,7-8H2,3-4H3/t9-,10-,11-,12+/m1/s1. The molecule has 2 heteroatoms. The Morgan fingerprint density at radius 1 is 1.00 bits per heavy atom. The van der Waals surface area contributed by atoms with Crippen molar-refractivity contribution in [2.45, 2.75) is 37.9 Å². The highest BCUT2D eigenvalue weighted by Crippen LogP contribution is 2.45. The van der Waals surface area contributed by atoms with Crippen molar-refractivity contribution in [2.75, 3.05) is 0 Å². The van der Waals surface area contributed by atoms with E-state index in [0.29, 0.717) is 0 Å². The average Bonchev–Trinajstić information content (AvgIpc) is 2.09. The van der Waals surface area contributed by atoms with Crippen LogP contribution in [0.3, 0.4) is 0 Å². The van der Waals surface area contributed by atoms with Gasteiger partial charge in [-0.05, 0) is 26.7 Å². The van der Waals surface area contributed by atoms with Gasteiger partial charge in [-0.1, -0.05) is 12.2 Å². The highest BCUT2D eigenvalue weighted by molar-refractivity contribution is 5.13. The molecule has 0 saturated heterocycles. The lowest BCUT2D eigenvalue weighted by atomic mass is 9.62. The zero-order chi connectivity index (χ0) is 11.0. The molecule has 0 unspecified atom stereocenters. The summed E-state index contributed by atoms with van der Waals surface area (Å²) in [6, 6.07) is 0. The molecule has 1 aliphatic carbocycles. The van der Waals surface area contributed by atoms with Gasteiger partial charge in [-0.2, -0.15) is 0 Å². The van der Waals surface area contributed by atoms with Crippen molar-refractivity contribution < 1.29 is 10.2 Å². The maximum atomic E-state index is 10.3. The van der Waals surface area contributed by atoms with Crippen molar-refractivity contribution in [3.63, 3.8) is 0 Å². The first-order chi connectivity index (χ1) is 6.37. The van der Waals surface area contributed by atoms with E-state index in [0.717, 1.165) is 12.8 Å². The summed E-state index contributed by atoms with van der Waals surface area (Å²) >= 11 is 0. The smallest absolute Gasteiger partial charge is 0.0970 e. The van der Waals surface area contributed by atoms with Crippen LogP contribution in [0, 0.1) is 11.8 Å². The van der Waals surface area contributed by atoms with Crippen LogP contribution in [-0.4, -0.2) is 21.4 Å². The molecule has 0 aromatic rings. The predicted octanol–water partition coefficient (Wildman–Crippen LogP) is 1.89. The van der Waals surface area contributed by atoms with Gasteiger partial charge < -0.3 is 10.2 Å². The van der Waals surface area contributed by atoms with Crippen LogP contribution in [0.1, 0.15) is 26.7 Å². The lowest BCUT2D eigenvalue weighted by Gasteiger charge is -2.50. The fourth-order valence-electron chi connectivity index (χ4n) is 2.37. The van der Waals surface area contributed by atoms with Crippen molar-refractivity contribution in [3.05, 3.63) is 25.3 Å². The summed E-state index contributed by atoms with van der Waals surface area (Å²) in [5.41, 5.74) is -2.24. The molecule has 2 N–H and O–H groups in total. The second kappa shape index (κ2) is 3.52. The van der Waals surface area contributed by atoms with Gasteiger partial charge in [0.1, 0.15) is 0 Å². The minimum Gasteiger partial charge on any atom is -0.387 e. The summed E-state index contributed by atoms with van der Waals surface area (Å²) in [6.07, 6.45) is 5.16. The van der Waals surface area contributed by atoms with Crippen LogP contribution < -0.4 is 0 Å². The minimum atomic E-state index is -1.12. The molecule has 0 aromatic heterocycles. The number of hydrogen-bond acceptors (Lipinski definition) is 2. The van der Waals surface area contributed by atoms with E-state index in [9.17, 15) is 10.2 Å². The Bertz CT molecular complexity index is 215. The van der Waals surface area contributed by atoms with Crippen LogP contribution in [0.4, 0.5) is 0 Å². The minimum absolute atomic E-state index is 0.0475. The molecule has 0 aromatic carbocycles. The van der Waals surface area contributed by atoms with Gasteiger partial charge in [0.05, 0.1) is 11.2 Å². The highest BCUT2D eigenvalue weighted by atomic mass is 16.4. The number of rotatable bonds is 2. The van der Waals surface area contributed by atoms with E-state index in [2.05, 4.69) is 13.2 Å². The monoisotopic (exact) mass is 196 g/mol. The van der Waals surface area contributed by atoms with E-state index >= 15 is 0 Å². The van der Waals surface area contributed by atoms with Crippen LogP contribution in [0.15, 0.2) is 25.3 Å². The molecule has 0 heterocycles. The lowest BCUT2D eigenvalue weighted by molar-refractivity contribution is -0.192. The summed E-state index contributed by atoms with van der Waals surface area (Å²) in [6.45, 7) is 10.8. The molecule has 0 radical (unpaired) electrons. The molecule has 1 saturated carbocycles. The Labute approximate surface area is 86.0 Å². The van der Waals surface area contributed by atoms with E-state index in [4.69, 9.17) is 0 Å². The van der Waals surface area contributed by atoms with Gasteiger partial charge in [-0.3, -0.25) is 0 Å². The topological polar surface area (TPSA) is 40.5 Å². The molecule has 1 rings (SSSR count). The second-order valence-electron chi connectivity index (χ2n) is 4.56. The van der Waals surface area contributed by atoms with Gasteiger partial charge in [0.25, 0.3) is 0 Å². The van der Waals surface area contributed by atoms with E-state index in [1.807, 2.05) is 0 Å². The Morgan fingerprint density at radius 2 is 1.29 bits per heavy atom. The molecule has 1 fully saturated rings. The fraction of sp³-hybridized carbons (Fsp3) is 0.667. The third-order valence-electron chi connectivity index (χ3n) is 3.83. The summed E-state index contributed by atoms with van der Waals surface area (Å²) in [4.78, 5) is 0. The van der Waals surface area contributed by atoms with Gasteiger partial charge in [-0.25, -0.2) is 0 Å². The normalized spacial score (nSPS) is 48.6. The zero-order valence-corrected chi connectivity index (χ0v) is 9.03. The molecular weight excluding hydrogens is 176 g/mol. The molecule has 80 valence electrons. The Hall–Kier alpha value is -0.600. The largest absolute Gasteiger partial charge is 0.387 e. The molecule has 4 atom stereocenters. The fourth-order valence-corrected chi connectivity index (χ4v) is 2.37. The van der Waals surface area contributed by atoms with Crippen LogP contribution in [0.25, 0.3) is 0 Å². The summed E-state index contributed by atoms with van der Waals surface area (Å²) < 4.78 is 0. The molecule has 0 bridgehead atoms. The summed E-state index contributed by atoms with van der Waals surface area (Å²) in [7, 11) is 0. The number of aliphatic hydroxyl groups is 2. The SMILES string of the molecule is C=C[C@@H]1CC[C@@H](C=C)[C@@](C)(O)[C@@]1(C)O. The van der Waals surface area contributed by atoms with Gasteiger partial charge in [0.2, 0.25) is 0 Å². The van der Waals surface area contributed by atoms with Crippen molar-refractivity contribution in [2.24, 2.45) is 11.8 Å². The quantitative estimate of drug-likeness (QED) is 0.662. The Kier molecular flexibility index (Phi) is 2.88. The van der Waals surface area contributed by atoms with Crippen LogP contribution in [-0.2, 0) is 0 Å². The Balaban J connectivity index is 3.04. The molecule has 14 heavy (non-hydrogen) atoms. The maximum absolute atomic E-state index is 10.3. The first-order valence-corrected chi connectivity index (χ1v) is 5.07. The van der Waals surface area contributed by atoms with Crippen LogP contribution >= 0.6 is 0 Å². The van der Waals surface area contributed by atoms with E-state index in [-0.39, 0.29) is 11.8 Å². The summed E-state index contributed by atoms with van der Waals surface area (Å²) in [5.74, 6) is -0.0950. The molecular formula is C12H20O2. The average molecular weight is 196 g/mol. The van der Waals surface area contributed by atoms with Gasteiger partial charge >= 0.3 is 0 Å². The van der Waals surface area contributed by atoms with Crippen LogP contribution in [0.2, 0.25) is 0 Å². The molecule has 0 amide bonds. The van der Waals surface area contributed by atoms with Crippen LogP contribution in [0.5, 0.6) is 0 Å². The first-order valence-electron chi connectivity index (χ1n) is 5.07. The highest BCUT2D eigenvalue weighted by Gasteiger charge is 2.53.